The number of nitrogens with one attached hydrogen (secondary N) is 1. The van der Waals surface area contributed by atoms with Crippen LogP contribution in [0.1, 0.15) is 29.6 Å². The van der Waals surface area contributed by atoms with Gasteiger partial charge in [-0.05, 0) is 36.6 Å². The lowest BCUT2D eigenvalue weighted by Crippen LogP contribution is -2.44. The fraction of sp³-hybridized carbons (Fsp3) is 0.385. The summed E-state index contributed by atoms with van der Waals surface area (Å²) >= 11 is 5.74. The number of halogens is 1. The van der Waals surface area contributed by atoms with E-state index < -0.39 is 11.9 Å². The number of nitrogens with two attached hydrogens (primary N) is 1. The van der Waals surface area contributed by atoms with Gasteiger partial charge in [0, 0.05) is 10.6 Å². The molecule has 1 aromatic carbocycles. The van der Waals surface area contributed by atoms with Gasteiger partial charge in [-0.2, -0.15) is 0 Å². The zero-order valence-electron chi connectivity index (χ0n) is 9.86. The number of carbonyl (C=O) groups is 2. The van der Waals surface area contributed by atoms with Gasteiger partial charge in [0.25, 0.3) is 5.91 Å². The minimum atomic E-state index is -0.583. The summed E-state index contributed by atoms with van der Waals surface area (Å²) in [5, 5.41) is 3.23. The molecule has 0 heterocycles. The van der Waals surface area contributed by atoms with E-state index in [1.165, 1.54) is 0 Å². The van der Waals surface area contributed by atoms with E-state index in [0.29, 0.717) is 22.9 Å². The van der Waals surface area contributed by atoms with E-state index in [0.717, 1.165) is 12.8 Å². The number of hydrogen-bond acceptors (Lipinski definition) is 2. The van der Waals surface area contributed by atoms with Crippen LogP contribution in [0.3, 0.4) is 0 Å². The Balaban J connectivity index is 1.99. The summed E-state index contributed by atoms with van der Waals surface area (Å²) < 4.78 is 0. The predicted octanol–water partition coefficient (Wildman–Crippen LogP) is 1.72. The molecule has 1 atom stereocenters. The van der Waals surface area contributed by atoms with Crippen molar-refractivity contribution >= 4 is 23.4 Å². The molecular formula is C13H15ClN2O2. The highest BCUT2D eigenvalue weighted by molar-refractivity contribution is 6.30. The van der Waals surface area contributed by atoms with E-state index in [-0.39, 0.29) is 5.91 Å². The highest BCUT2D eigenvalue weighted by Crippen LogP contribution is 2.33. The van der Waals surface area contributed by atoms with Gasteiger partial charge in [-0.25, -0.2) is 0 Å². The Morgan fingerprint density at radius 2 is 1.94 bits per heavy atom. The lowest BCUT2D eigenvalue weighted by Gasteiger charge is -2.15. The van der Waals surface area contributed by atoms with E-state index in [2.05, 4.69) is 5.32 Å². The summed E-state index contributed by atoms with van der Waals surface area (Å²) in [7, 11) is 0. The number of rotatable bonds is 5. The molecule has 1 fully saturated rings. The summed E-state index contributed by atoms with van der Waals surface area (Å²) in [4.78, 5) is 23.2. The molecule has 5 heteroatoms. The quantitative estimate of drug-likeness (QED) is 0.852. The first kappa shape index (κ1) is 12.9. The van der Waals surface area contributed by atoms with Crippen LogP contribution in [-0.4, -0.2) is 17.9 Å². The van der Waals surface area contributed by atoms with Gasteiger partial charge in [0.1, 0.15) is 6.04 Å². The first-order valence-corrected chi connectivity index (χ1v) is 6.30. The molecule has 0 spiro atoms. The van der Waals surface area contributed by atoms with Crippen molar-refractivity contribution in [1.82, 2.24) is 5.32 Å². The summed E-state index contributed by atoms with van der Waals surface area (Å²) in [6, 6.07) is 5.92. The molecule has 0 aliphatic heterocycles. The molecule has 3 N–H and O–H groups in total. The smallest absolute Gasteiger partial charge is 0.251 e. The monoisotopic (exact) mass is 266 g/mol. The van der Waals surface area contributed by atoms with Gasteiger partial charge in [0.2, 0.25) is 5.91 Å². The van der Waals surface area contributed by atoms with Crippen molar-refractivity contribution < 1.29 is 9.59 Å². The van der Waals surface area contributed by atoms with Crippen molar-refractivity contribution in [3.05, 3.63) is 34.9 Å². The van der Waals surface area contributed by atoms with Crippen LogP contribution in [0, 0.1) is 5.92 Å². The van der Waals surface area contributed by atoms with E-state index >= 15 is 0 Å². The maximum Gasteiger partial charge on any atom is 0.251 e. The highest BCUT2D eigenvalue weighted by Gasteiger charge is 2.29. The standard InChI is InChI=1S/C13H15ClN2O2/c14-10-5-3-9(4-6-10)13(18)16-11(12(15)17)7-8-1-2-8/h3-6,8,11H,1-2,7H2,(H2,15,17)(H,16,18)/t11-/m0/s1. The Bertz CT molecular complexity index is 455. The first-order valence-electron chi connectivity index (χ1n) is 5.92. The van der Waals surface area contributed by atoms with Gasteiger partial charge in [-0.15, -0.1) is 0 Å². The van der Waals surface area contributed by atoms with Crippen molar-refractivity contribution in [2.24, 2.45) is 11.7 Å². The lowest BCUT2D eigenvalue weighted by atomic mass is 10.1. The molecule has 0 radical (unpaired) electrons. The van der Waals surface area contributed by atoms with Gasteiger partial charge in [0.15, 0.2) is 0 Å². The SMILES string of the molecule is NC(=O)[C@H](CC1CC1)NC(=O)c1ccc(Cl)cc1. The maximum absolute atomic E-state index is 11.9. The van der Waals surface area contributed by atoms with Crippen LogP contribution in [0.4, 0.5) is 0 Å². The normalized spacial score (nSPS) is 16.1. The largest absolute Gasteiger partial charge is 0.368 e. The van der Waals surface area contributed by atoms with Crippen LogP contribution in [0.15, 0.2) is 24.3 Å². The van der Waals surface area contributed by atoms with Crippen molar-refractivity contribution in [2.45, 2.75) is 25.3 Å². The molecule has 0 unspecified atom stereocenters. The molecule has 2 rings (SSSR count). The molecule has 0 bridgehead atoms. The number of hydrogen-bond donors (Lipinski definition) is 2. The average molecular weight is 267 g/mol. The van der Waals surface area contributed by atoms with Gasteiger partial charge in [-0.3, -0.25) is 9.59 Å². The first-order chi connectivity index (χ1) is 8.56. The molecule has 1 aliphatic rings. The van der Waals surface area contributed by atoms with E-state index in [9.17, 15) is 9.59 Å². The van der Waals surface area contributed by atoms with Gasteiger partial charge >= 0.3 is 0 Å². The van der Waals surface area contributed by atoms with Crippen LogP contribution >= 0.6 is 11.6 Å². The van der Waals surface area contributed by atoms with Crippen LogP contribution in [0.2, 0.25) is 5.02 Å². The summed E-state index contributed by atoms with van der Waals surface area (Å²) in [5.41, 5.74) is 5.76. The maximum atomic E-state index is 11.9. The topological polar surface area (TPSA) is 72.2 Å². The molecule has 1 aromatic rings. The number of amides is 2. The fourth-order valence-corrected chi connectivity index (χ4v) is 1.90. The molecule has 1 saturated carbocycles. The average Bonchev–Trinajstić information content (AvgIpc) is 3.12. The Labute approximate surface area is 110 Å². The Morgan fingerprint density at radius 1 is 1.33 bits per heavy atom. The second-order valence-electron chi connectivity index (χ2n) is 4.61. The highest BCUT2D eigenvalue weighted by atomic mass is 35.5. The third-order valence-electron chi connectivity index (χ3n) is 3.02. The molecular weight excluding hydrogens is 252 g/mol. The van der Waals surface area contributed by atoms with Crippen LogP contribution in [-0.2, 0) is 4.79 Å². The third kappa shape index (κ3) is 3.47. The van der Waals surface area contributed by atoms with Crippen LogP contribution in [0.5, 0.6) is 0 Å². The zero-order valence-corrected chi connectivity index (χ0v) is 10.6. The molecule has 96 valence electrons. The van der Waals surface area contributed by atoms with E-state index in [1.807, 2.05) is 0 Å². The molecule has 1 aliphatic carbocycles. The summed E-state index contributed by atoms with van der Waals surface area (Å²) in [6.07, 6.45) is 2.86. The minimum Gasteiger partial charge on any atom is -0.368 e. The predicted molar refractivity (Wildman–Crippen MR) is 69.2 cm³/mol. The molecule has 4 nitrogen and oxygen atoms in total. The second-order valence-corrected chi connectivity index (χ2v) is 5.05. The second kappa shape index (κ2) is 5.40. The van der Waals surface area contributed by atoms with Crippen molar-refractivity contribution in [3.63, 3.8) is 0 Å². The van der Waals surface area contributed by atoms with E-state index in [1.54, 1.807) is 24.3 Å². The van der Waals surface area contributed by atoms with Gasteiger partial charge in [-0.1, -0.05) is 24.4 Å². The molecule has 18 heavy (non-hydrogen) atoms. The third-order valence-corrected chi connectivity index (χ3v) is 3.27. The van der Waals surface area contributed by atoms with Crippen LogP contribution in [0.25, 0.3) is 0 Å². The Hall–Kier alpha value is -1.55. The van der Waals surface area contributed by atoms with Crippen molar-refractivity contribution in [2.75, 3.05) is 0 Å². The zero-order chi connectivity index (χ0) is 13.1. The number of benzene rings is 1. The fourth-order valence-electron chi connectivity index (χ4n) is 1.78. The Morgan fingerprint density at radius 3 is 2.44 bits per heavy atom. The summed E-state index contributed by atoms with van der Waals surface area (Å²) in [5.74, 6) is -0.256. The number of carbonyl (C=O) groups excluding carboxylic acids is 2. The number of primary amides is 1. The Kier molecular flexibility index (Phi) is 3.87. The van der Waals surface area contributed by atoms with Gasteiger partial charge in [0.05, 0.1) is 0 Å². The molecule has 2 amide bonds. The lowest BCUT2D eigenvalue weighted by molar-refractivity contribution is -0.120. The van der Waals surface area contributed by atoms with Crippen molar-refractivity contribution in [1.29, 1.82) is 0 Å². The summed E-state index contributed by atoms with van der Waals surface area (Å²) in [6.45, 7) is 0. The minimum absolute atomic E-state index is 0.295. The molecule has 0 saturated heterocycles. The van der Waals surface area contributed by atoms with E-state index in [4.69, 9.17) is 17.3 Å². The van der Waals surface area contributed by atoms with Crippen molar-refractivity contribution in [3.8, 4) is 0 Å². The van der Waals surface area contributed by atoms with Crippen LogP contribution < -0.4 is 11.1 Å². The molecule has 0 aromatic heterocycles. The van der Waals surface area contributed by atoms with Gasteiger partial charge < -0.3 is 11.1 Å².